The van der Waals surface area contributed by atoms with Crippen molar-refractivity contribution in [1.29, 1.82) is 0 Å². The maximum atomic E-state index is 13.4. The van der Waals surface area contributed by atoms with E-state index in [-0.39, 0.29) is 17.8 Å². The molecule has 0 aliphatic heterocycles. The molecule has 0 fully saturated rings. The van der Waals surface area contributed by atoms with Crippen LogP contribution in [0.15, 0.2) is 29.3 Å². The zero-order valence-electron chi connectivity index (χ0n) is 19.7. The molecule has 5 rings (SSSR count). The Labute approximate surface area is 201 Å². The number of carbonyl (C=O) groups is 1. The van der Waals surface area contributed by atoms with Gasteiger partial charge >= 0.3 is 12.1 Å². The Morgan fingerprint density at radius 2 is 1.97 bits per heavy atom. The van der Waals surface area contributed by atoms with Crippen LogP contribution in [0.2, 0.25) is 0 Å². The second-order valence-electron chi connectivity index (χ2n) is 8.35. The Morgan fingerprint density at radius 3 is 2.58 bits per heavy atom. The number of carbonyl (C=O) groups excluding carboxylic acids is 1. The fourth-order valence-electron chi connectivity index (χ4n) is 4.59. The minimum Gasteiger partial charge on any atom is -0.464 e. The molecular weight excluding hydrogens is 481 g/mol. The van der Waals surface area contributed by atoms with E-state index < -0.39 is 24.6 Å². The summed E-state index contributed by atoms with van der Waals surface area (Å²) in [4.78, 5) is 21.5. The topological polar surface area (TPSA) is 119 Å². The van der Waals surface area contributed by atoms with Crippen molar-refractivity contribution in [2.24, 2.45) is 14.1 Å². The third-order valence-corrected chi connectivity index (χ3v) is 6.07. The van der Waals surface area contributed by atoms with Crippen molar-refractivity contribution < 1.29 is 27.1 Å². The van der Waals surface area contributed by atoms with Gasteiger partial charge in [0.25, 0.3) is 0 Å². The highest BCUT2D eigenvalue weighted by atomic mass is 19.4. The van der Waals surface area contributed by atoms with E-state index in [4.69, 9.17) is 9.15 Å². The Morgan fingerprint density at radius 1 is 1.19 bits per heavy atom. The molecule has 1 unspecified atom stereocenters. The van der Waals surface area contributed by atoms with Crippen molar-refractivity contribution in [3.8, 4) is 11.3 Å². The van der Waals surface area contributed by atoms with E-state index in [1.54, 1.807) is 42.5 Å². The van der Waals surface area contributed by atoms with Crippen molar-refractivity contribution >= 4 is 28.0 Å². The molecule has 0 saturated carbocycles. The second kappa shape index (κ2) is 8.46. The maximum Gasteiger partial charge on any atom is 0.389 e. The fourth-order valence-corrected chi connectivity index (χ4v) is 4.59. The maximum absolute atomic E-state index is 13.4. The van der Waals surface area contributed by atoms with Gasteiger partial charge in [0.05, 0.1) is 30.1 Å². The number of fused-ring (bicyclic) bond motifs is 3. The Balaban J connectivity index is 1.86. The number of ether oxygens (including phenoxy) is 1. The van der Waals surface area contributed by atoms with Gasteiger partial charge in [0.15, 0.2) is 12.1 Å². The molecule has 0 saturated heterocycles. The number of nitrogens with zero attached hydrogens (tertiary/aromatic N) is 8. The highest BCUT2D eigenvalue weighted by molar-refractivity contribution is 6.11. The average molecular weight is 502 g/mol. The molecule has 0 aliphatic carbocycles. The summed E-state index contributed by atoms with van der Waals surface area (Å²) >= 11 is 0. The first-order valence-electron chi connectivity index (χ1n) is 10.9. The molecule has 36 heavy (non-hydrogen) atoms. The van der Waals surface area contributed by atoms with Crippen molar-refractivity contribution in [2.75, 3.05) is 7.11 Å². The van der Waals surface area contributed by atoms with Gasteiger partial charge in [0.1, 0.15) is 28.5 Å². The molecule has 5 heterocycles. The standard InChI is InChI=1S/C22H21F3N8O3/c1-11-18(32(3)30-28-11)12-7-15-16(26-8-12)19-20(17(21(34)35-4)29-31(19)2)33(15)14(5-6-22(23,24)25)13-9-36-10-27-13/h7-10,14H,5-6H2,1-4H3. The van der Waals surface area contributed by atoms with Crippen LogP contribution in [0, 0.1) is 6.92 Å². The van der Waals surface area contributed by atoms with Gasteiger partial charge in [-0.2, -0.15) is 18.3 Å². The van der Waals surface area contributed by atoms with Crippen LogP contribution in [0.5, 0.6) is 0 Å². The highest BCUT2D eigenvalue weighted by Gasteiger charge is 2.34. The molecule has 5 aromatic heterocycles. The Kier molecular flexibility index (Phi) is 5.53. The van der Waals surface area contributed by atoms with Gasteiger partial charge in [-0.3, -0.25) is 9.67 Å². The predicted octanol–water partition coefficient (Wildman–Crippen LogP) is 3.73. The van der Waals surface area contributed by atoms with E-state index in [1.165, 1.54) is 18.1 Å². The van der Waals surface area contributed by atoms with Crippen molar-refractivity contribution in [2.45, 2.75) is 32.0 Å². The molecule has 188 valence electrons. The molecule has 0 radical (unpaired) electrons. The van der Waals surface area contributed by atoms with E-state index in [0.29, 0.717) is 39.0 Å². The van der Waals surface area contributed by atoms with Gasteiger partial charge in [-0.15, -0.1) is 5.10 Å². The monoisotopic (exact) mass is 502 g/mol. The fraction of sp³-hybridized carbons (Fsp3) is 0.364. The van der Waals surface area contributed by atoms with E-state index in [2.05, 4.69) is 25.4 Å². The SMILES string of the molecule is COC(=O)c1nn(C)c2c3ncc(-c4c(C)nnn4C)cc3n(C(CCC(F)(F)F)c3cocn3)c12. The lowest BCUT2D eigenvalue weighted by molar-refractivity contribution is -0.136. The van der Waals surface area contributed by atoms with Crippen LogP contribution in [0.4, 0.5) is 13.2 Å². The molecule has 0 bridgehead atoms. The van der Waals surface area contributed by atoms with Crippen LogP contribution < -0.4 is 0 Å². The van der Waals surface area contributed by atoms with Crippen LogP contribution >= 0.6 is 0 Å². The molecule has 0 aromatic carbocycles. The molecule has 1 atom stereocenters. The number of oxazole rings is 1. The van der Waals surface area contributed by atoms with Gasteiger partial charge < -0.3 is 13.7 Å². The van der Waals surface area contributed by atoms with Gasteiger partial charge in [0, 0.05) is 32.3 Å². The van der Waals surface area contributed by atoms with Gasteiger partial charge in [-0.25, -0.2) is 14.5 Å². The highest BCUT2D eigenvalue weighted by Crippen LogP contribution is 2.39. The summed E-state index contributed by atoms with van der Waals surface area (Å²) in [5.41, 5.74) is 3.91. The Bertz CT molecular complexity index is 1560. The summed E-state index contributed by atoms with van der Waals surface area (Å²) in [7, 11) is 4.57. The average Bonchev–Trinajstić information content (AvgIpc) is 3.60. The van der Waals surface area contributed by atoms with Crippen LogP contribution in [0.3, 0.4) is 0 Å². The zero-order chi connectivity index (χ0) is 25.8. The normalized spacial score (nSPS) is 13.1. The Hall–Kier alpha value is -4.23. The lowest BCUT2D eigenvalue weighted by atomic mass is 10.1. The van der Waals surface area contributed by atoms with Crippen LogP contribution in [0.1, 0.15) is 40.8 Å². The molecule has 11 nitrogen and oxygen atoms in total. The summed E-state index contributed by atoms with van der Waals surface area (Å²) in [6.45, 7) is 1.79. The summed E-state index contributed by atoms with van der Waals surface area (Å²) in [5, 5.41) is 12.4. The number of esters is 1. The largest absolute Gasteiger partial charge is 0.464 e. The lowest BCUT2D eigenvalue weighted by Gasteiger charge is -2.20. The molecular formula is C22H21F3N8O3. The number of aromatic nitrogens is 8. The third kappa shape index (κ3) is 3.78. The lowest BCUT2D eigenvalue weighted by Crippen LogP contribution is -2.17. The minimum absolute atomic E-state index is 0.0477. The summed E-state index contributed by atoms with van der Waals surface area (Å²) < 4.78 is 54.8. The summed E-state index contributed by atoms with van der Waals surface area (Å²) in [6, 6.07) is 0.844. The van der Waals surface area contributed by atoms with Crippen molar-refractivity contribution in [1.82, 2.24) is 39.3 Å². The third-order valence-electron chi connectivity index (χ3n) is 6.07. The number of aryl methyl sites for hydroxylation is 3. The number of hydrogen-bond acceptors (Lipinski definition) is 8. The quantitative estimate of drug-likeness (QED) is 0.322. The van der Waals surface area contributed by atoms with Gasteiger partial charge in [0.2, 0.25) is 0 Å². The minimum atomic E-state index is -4.41. The molecule has 0 amide bonds. The first-order chi connectivity index (χ1) is 17.1. The molecule has 0 aliphatic rings. The van der Waals surface area contributed by atoms with E-state index >= 15 is 0 Å². The number of methoxy groups -OCH3 is 1. The number of pyridine rings is 1. The molecule has 0 spiro atoms. The zero-order valence-corrected chi connectivity index (χ0v) is 19.7. The smallest absolute Gasteiger partial charge is 0.389 e. The van der Waals surface area contributed by atoms with E-state index in [9.17, 15) is 18.0 Å². The second-order valence-corrected chi connectivity index (χ2v) is 8.35. The van der Waals surface area contributed by atoms with Crippen molar-refractivity contribution in [3.63, 3.8) is 0 Å². The van der Waals surface area contributed by atoms with Crippen LogP contribution in [-0.2, 0) is 18.8 Å². The number of rotatable bonds is 6. The number of alkyl halides is 3. The van der Waals surface area contributed by atoms with Crippen LogP contribution in [-0.4, -0.2) is 58.6 Å². The van der Waals surface area contributed by atoms with Gasteiger partial charge in [-0.05, 0) is 19.4 Å². The van der Waals surface area contributed by atoms with Gasteiger partial charge in [-0.1, -0.05) is 5.21 Å². The molecule has 14 heteroatoms. The molecule has 5 aromatic rings. The van der Waals surface area contributed by atoms with E-state index in [0.717, 1.165) is 6.39 Å². The molecule has 0 N–H and O–H groups in total. The van der Waals surface area contributed by atoms with Crippen molar-refractivity contribution in [3.05, 3.63) is 42.0 Å². The summed E-state index contributed by atoms with van der Waals surface area (Å²) in [5.74, 6) is -0.730. The van der Waals surface area contributed by atoms with E-state index in [1.807, 2.05) is 0 Å². The number of halogens is 3. The predicted molar refractivity (Wildman–Crippen MR) is 120 cm³/mol. The first-order valence-corrected chi connectivity index (χ1v) is 10.9. The van der Waals surface area contributed by atoms with Crippen LogP contribution in [0.25, 0.3) is 33.3 Å². The summed E-state index contributed by atoms with van der Waals surface area (Å²) in [6.07, 6.45) is -1.79. The first kappa shape index (κ1) is 23.5. The number of hydrogen-bond donors (Lipinski definition) is 0.